The fourth-order valence-electron chi connectivity index (χ4n) is 2.52. The number of imidazole rings is 1. The molecule has 0 aliphatic carbocycles. The van der Waals surface area contributed by atoms with Crippen molar-refractivity contribution in [3.63, 3.8) is 0 Å². The minimum Gasteiger partial charge on any atom is -0.444 e. The Labute approximate surface area is 136 Å². The van der Waals surface area contributed by atoms with Gasteiger partial charge in [0.15, 0.2) is 0 Å². The lowest BCUT2D eigenvalue weighted by Gasteiger charge is -2.27. The predicted octanol–water partition coefficient (Wildman–Crippen LogP) is 3.07. The fraction of sp³-hybridized carbons (Fsp3) is 0.412. The molecular formula is C17H24N4O2. The summed E-state index contributed by atoms with van der Waals surface area (Å²) in [5, 5.41) is 0. The monoisotopic (exact) mass is 316 g/mol. The third kappa shape index (κ3) is 5.65. The molecule has 124 valence electrons. The third-order valence-electron chi connectivity index (χ3n) is 3.60. The van der Waals surface area contributed by atoms with Crippen molar-refractivity contribution >= 4 is 11.8 Å². The highest BCUT2D eigenvalue weighted by Gasteiger charge is 2.21. The van der Waals surface area contributed by atoms with Gasteiger partial charge in [-0.25, -0.2) is 9.78 Å². The van der Waals surface area contributed by atoms with Crippen LogP contribution in [-0.2, 0) is 11.3 Å². The van der Waals surface area contributed by atoms with Crippen LogP contribution in [0.4, 0.5) is 10.5 Å². The summed E-state index contributed by atoms with van der Waals surface area (Å²) >= 11 is 0. The summed E-state index contributed by atoms with van der Waals surface area (Å²) in [6, 6.07) is 10.2. The van der Waals surface area contributed by atoms with E-state index in [4.69, 9.17) is 10.5 Å². The van der Waals surface area contributed by atoms with Gasteiger partial charge in [-0.05, 0) is 38.8 Å². The zero-order valence-electron chi connectivity index (χ0n) is 13.7. The van der Waals surface area contributed by atoms with Gasteiger partial charge in [0, 0.05) is 24.6 Å². The number of nitrogens with two attached hydrogens (primary N) is 1. The van der Waals surface area contributed by atoms with Crippen molar-refractivity contribution < 1.29 is 9.53 Å². The summed E-state index contributed by atoms with van der Waals surface area (Å²) in [6.45, 7) is 5.28. The van der Waals surface area contributed by atoms with E-state index in [1.54, 1.807) is 6.20 Å². The molecule has 0 bridgehead atoms. The van der Waals surface area contributed by atoms with Crippen molar-refractivity contribution in [2.45, 2.75) is 38.8 Å². The van der Waals surface area contributed by atoms with Crippen molar-refractivity contribution in [2.24, 2.45) is 5.73 Å². The number of rotatable bonds is 8. The lowest BCUT2D eigenvalue weighted by Crippen LogP contribution is -2.33. The number of aromatic nitrogens is 2. The number of nitrogens with zero attached hydrogens (tertiary/aromatic N) is 2. The standard InChI is InChI=1S/C17H24N4O2/c1-17(2,23-16(18)22)9-6-12-21(13-15-19-10-11-20-15)14-7-4-3-5-8-14/h3-5,7-8,10-11H,6,9,12-13H2,1-2H3,(H2,18,22)(H,19,20). The van der Waals surface area contributed by atoms with Gasteiger partial charge in [-0.2, -0.15) is 0 Å². The average Bonchev–Trinajstić information content (AvgIpc) is 2.98. The molecule has 0 aliphatic heterocycles. The van der Waals surface area contributed by atoms with Gasteiger partial charge in [0.25, 0.3) is 0 Å². The normalized spacial score (nSPS) is 11.2. The van der Waals surface area contributed by atoms with Crippen molar-refractivity contribution in [3.8, 4) is 0 Å². The average molecular weight is 316 g/mol. The van der Waals surface area contributed by atoms with Gasteiger partial charge in [-0.1, -0.05) is 18.2 Å². The molecule has 3 N–H and O–H groups in total. The fourth-order valence-corrected chi connectivity index (χ4v) is 2.52. The van der Waals surface area contributed by atoms with E-state index in [1.807, 2.05) is 38.2 Å². The molecule has 1 amide bonds. The van der Waals surface area contributed by atoms with E-state index >= 15 is 0 Å². The van der Waals surface area contributed by atoms with Gasteiger partial charge in [0.2, 0.25) is 0 Å². The van der Waals surface area contributed by atoms with Gasteiger partial charge >= 0.3 is 6.09 Å². The van der Waals surface area contributed by atoms with Gasteiger partial charge in [0.05, 0.1) is 6.54 Å². The Bertz CT molecular complexity index is 596. The number of ether oxygens (including phenoxy) is 1. The molecule has 0 saturated carbocycles. The number of para-hydroxylation sites is 1. The van der Waals surface area contributed by atoms with E-state index < -0.39 is 11.7 Å². The Balaban J connectivity index is 1.97. The SMILES string of the molecule is CC(C)(CCCN(Cc1ncc[nH]1)c1ccccc1)OC(N)=O. The quantitative estimate of drug-likeness (QED) is 0.784. The summed E-state index contributed by atoms with van der Waals surface area (Å²) in [5.41, 5.74) is 5.69. The lowest BCUT2D eigenvalue weighted by atomic mass is 10.0. The van der Waals surface area contributed by atoms with Crippen molar-refractivity contribution in [1.82, 2.24) is 9.97 Å². The second kappa shape index (κ2) is 7.67. The Morgan fingerprint density at radius 3 is 2.70 bits per heavy atom. The highest BCUT2D eigenvalue weighted by molar-refractivity contribution is 5.65. The first kappa shape index (κ1) is 16.9. The molecule has 2 aromatic rings. The second-order valence-corrected chi connectivity index (χ2v) is 6.08. The van der Waals surface area contributed by atoms with E-state index in [9.17, 15) is 4.79 Å². The molecule has 0 aliphatic rings. The molecule has 1 aromatic carbocycles. The van der Waals surface area contributed by atoms with Gasteiger partial charge in [-0.15, -0.1) is 0 Å². The van der Waals surface area contributed by atoms with Crippen molar-refractivity contribution in [3.05, 3.63) is 48.5 Å². The van der Waals surface area contributed by atoms with Crippen LogP contribution in [0.5, 0.6) is 0 Å². The maximum atomic E-state index is 10.9. The molecule has 0 radical (unpaired) electrons. The first-order valence-electron chi connectivity index (χ1n) is 7.73. The molecule has 0 spiro atoms. The van der Waals surface area contributed by atoms with E-state index in [0.717, 1.165) is 30.9 Å². The van der Waals surface area contributed by atoms with Crippen molar-refractivity contribution in [1.29, 1.82) is 0 Å². The number of nitrogens with one attached hydrogen (secondary N) is 1. The number of benzene rings is 1. The molecule has 2 rings (SSSR count). The van der Waals surface area contributed by atoms with Gasteiger partial charge in [-0.3, -0.25) is 0 Å². The summed E-state index contributed by atoms with van der Waals surface area (Å²) in [7, 11) is 0. The number of hydrogen-bond acceptors (Lipinski definition) is 4. The summed E-state index contributed by atoms with van der Waals surface area (Å²) in [6.07, 6.45) is 4.45. The van der Waals surface area contributed by atoms with Crippen LogP contribution in [0.3, 0.4) is 0 Å². The van der Waals surface area contributed by atoms with E-state index in [0.29, 0.717) is 6.54 Å². The smallest absolute Gasteiger partial charge is 0.405 e. The van der Waals surface area contributed by atoms with Crippen LogP contribution in [0.25, 0.3) is 0 Å². The lowest BCUT2D eigenvalue weighted by molar-refractivity contribution is 0.0381. The molecule has 0 atom stereocenters. The Morgan fingerprint density at radius 1 is 1.35 bits per heavy atom. The molecule has 0 fully saturated rings. The van der Waals surface area contributed by atoms with E-state index in [1.165, 1.54) is 0 Å². The van der Waals surface area contributed by atoms with Crippen LogP contribution in [0.1, 0.15) is 32.5 Å². The zero-order chi connectivity index (χ0) is 16.7. The second-order valence-electron chi connectivity index (χ2n) is 6.08. The van der Waals surface area contributed by atoms with E-state index in [-0.39, 0.29) is 0 Å². The number of aromatic amines is 1. The predicted molar refractivity (Wildman–Crippen MR) is 90.1 cm³/mol. The van der Waals surface area contributed by atoms with Crippen LogP contribution in [0.2, 0.25) is 0 Å². The number of primary amides is 1. The summed E-state index contributed by atoms with van der Waals surface area (Å²) < 4.78 is 5.13. The first-order chi connectivity index (χ1) is 11.0. The number of amides is 1. The molecular weight excluding hydrogens is 292 g/mol. The van der Waals surface area contributed by atoms with Crippen LogP contribution in [0.15, 0.2) is 42.7 Å². The molecule has 6 nitrogen and oxygen atoms in total. The van der Waals surface area contributed by atoms with Crippen LogP contribution < -0.4 is 10.6 Å². The van der Waals surface area contributed by atoms with Crippen molar-refractivity contribution in [2.75, 3.05) is 11.4 Å². The maximum Gasteiger partial charge on any atom is 0.405 e. The Hall–Kier alpha value is -2.50. The highest BCUT2D eigenvalue weighted by atomic mass is 16.6. The molecule has 6 heteroatoms. The van der Waals surface area contributed by atoms with Gasteiger partial charge < -0.3 is 20.4 Å². The van der Waals surface area contributed by atoms with Crippen LogP contribution in [-0.4, -0.2) is 28.2 Å². The zero-order valence-corrected chi connectivity index (χ0v) is 13.7. The molecule has 1 heterocycles. The number of carbonyl (C=O) groups excluding carboxylic acids is 1. The Kier molecular flexibility index (Phi) is 5.62. The molecule has 0 unspecified atom stereocenters. The van der Waals surface area contributed by atoms with Gasteiger partial charge in [0.1, 0.15) is 11.4 Å². The summed E-state index contributed by atoms with van der Waals surface area (Å²) in [4.78, 5) is 20.6. The molecule has 1 aromatic heterocycles. The number of carbonyl (C=O) groups is 1. The third-order valence-corrected chi connectivity index (χ3v) is 3.60. The number of anilines is 1. The highest BCUT2D eigenvalue weighted by Crippen LogP contribution is 2.20. The van der Waals surface area contributed by atoms with E-state index in [2.05, 4.69) is 27.0 Å². The maximum absolute atomic E-state index is 10.9. The summed E-state index contributed by atoms with van der Waals surface area (Å²) in [5.74, 6) is 0.918. The number of hydrogen-bond donors (Lipinski definition) is 2. The Morgan fingerprint density at radius 2 is 2.09 bits per heavy atom. The minimum atomic E-state index is -0.731. The molecule has 23 heavy (non-hydrogen) atoms. The minimum absolute atomic E-state index is 0.557. The number of H-pyrrole nitrogens is 1. The largest absolute Gasteiger partial charge is 0.444 e. The molecule has 0 saturated heterocycles. The first-order valence-corrected chi connectivity index (χ1v) is 7.73. The van der Waals surface area contributed by atoms with Crippen LogP contribution >= 0.6 is 0 Å². The van der Waals surface area contributed by atoms with Crippen LogP contribution in [0, 0.1) is 0 Å². The topological polar surface area (TPSA) is 84.2 Å².